The Kier molecular flexibility index (Phi) is 32.7. The van der Waals surface area contributed by atoms with Crippen LogP contribution in [0.3, 0.4) is 0 Å². The largest absolute Gasteiger partial charge is 0.416 e. The lowest BCUT2D eigenvalue weighted by molar-refractivity contribution is -0.152. The molecule has 2 saturated heterocycles. The Balaban J connectivity index is 1.93. The summed E-state index contributed by atoms with van der Waals surface area (Å²) in [5, 5.41) is 14.0. The van der Waals surface area contributed by atoms with Crippen LogP contribution in [0, 0.1) is 17.8 Å². The standard InChI is InChI=1S/C71H107ClF3N13O14/c1-18-44(6)61-69(101)83(13)38-59(92)81(11)39-60(93)85(15)54(35-47-23-28-49(72)29-24-47)67(99)82(12)37-56(89)76-50(30-25-46-21-26-48(27-22-46)71(73,74)75)63(95)77-51(33-42(2)3)65(97)87(17)55(40-102-41-57(90)80-70(8,9)10)68(100)86(16)53(34-43(4)5)64(96)78-52(66(98)88-31-19-20-32-88)36-58(91)84(14)45(7)62(94)79-61/h21-24,26-29,42-45,50-55,61H,18-20,25,30-41H2,1-17H3,(H,76,89)(H,77,95)(H,78,96)(H,79,94)(H,80,90)/t44-,45-,50-,51-,52-,53-,54-,55-,61-/m0/s1. The van der Waals surface area contributed by atoms with E-state index in [4.69, 9.17) is 16.3 Å². The fraction of sp³-hybridized carbons (Fsp3) is 0.648. The third-order valence-corrected chi connectivity index (χ3v) is 18.5. The van der Waals surface area contributed by atoms with Crippen molar-refractivity contribution in [3.05, 3.63) is 70.2 Å². The van der Waals surface area contributed by atoms with Gasteiger partial charge >= 0.3 is 6.18 Å². The molecule has 2 aromatic carbocycles. The lowest BCUT2D eigenvalue weighted by Crippen LogP contribution is -2.61. The van der Waals surface area contributed by atoms with Gasteiger partial charge in [0, 0.05) is 79.4 Å². The number of carbonyl (C=O) groups is 13. The van der Waals surface area contributed by atoms with E-state index in [1.165, 1.54) is 73.3 Å². The zero-order valence-corrected chi connectivity index (χ0v) is 62.8. The van der Waals surface area contributed by atoms with Gasteiger partial charge in [0.05, 0.1) is 38.2 Å². The zero-order chi connectivity index (χ0) is 77.0. The highest BCUT2D eigenvalue weighted by atomic mass is 35.5. The van der Waals surface area contributed by atoms with Gasteiger partial charge in [-0.1, -0.05) is 83.8 Å². The fourth-order valence-corrected chi connectivity index (χ4v) is 11.8. The maximum Gasteiger partial charge on any atom is 0.416 e. The molecule has 2 aliphatic rings. The Morgan fingerprint density at radius 1 is 0.598 bits per heavy atom. The summed E-state index contributed by atoms with van der Waals surface area (Å²) in [4.78, 5) is 198. The number of hydrogen-bond acceptors (Lipinski definition) is 14. The van der Waals surface area contributed by atoms with Gasteiger partial charge in [-0.15, -0.1) is 0 Å². The van der Waals surface area contributed by atoms with Crippen LogP contribution >= 0.6 is 11.6 Å². The van der Waals surface area contributed by atoms with E-state index in [9.17, 15) is 61.1 Å². The molecule has 4 rings (SSSR count). The topological polar surface area (TPSA) is 317 Å². The second kappa shape index (κ2) is 38.7. The first kappa shape index (κ1) is 86.0. The molecule has 102 heavy (non-hydrogen) atoms. The van der Waals surface area contributed by atoms with E-state index >= 15 is 14.4 Å². The van der Waals surface area contributed by atoms with Crippen LogP contribution in [0.4, 0.5) is 13.2 Å². The Bertz CT molecular complexity index is 3280. The molecule has 2 aliphatic heterocycles. The second-order valence-corrected chi connectivity index (χ2v) is 29.2. The molecule has 0 radical (unpaired) electrons. The third-order valence-electron chi connectivity index (χ3n) is 18.2. The highest BCUT2D eigenvalue weighted by molar-refractivity contribution is 6.30. The molecular formula is C71H107ClF3N13O14. The van der Waals surface area contributed by atoms with Crippen LogP contribution in [0.15, 0.2) is 48.5 Å². The number of likely N-dealkylation sites (N-methyl/N-ethyl adjacent to an activating group) is 7. The van der Waals surface area contributed by atoms with E-state index in [1.807, 2.05) is 0 Å². The van der Waals surface area contributed by atoms with Crippen LogP contribution in [0.5, 0.6) is 0 Å². The summed E-state index contributed by atoms with van der Waals surface area (Å²) in [7, 11) is 9.09. The van der Waals surface area contributed by atoms with Gasteiger partial charge in [0.2, 0.25) is 76.8 Å². The van der Waals surface area contributed by atoms with E-state index < -0.39 is 188 Å². The lowest BCUT2D eigenvalue weighted by atomic mass is 9.97. The van der Waals surface area contributed by atoms with Crippen molar-refractivity contribution in [3.63, 3.8) is 0 Å². The molecule has 0 saturated carbocycles. The summed E-state index contributed by atoms with van der Waals surface area (Å²) >= 11 is 6.22. The molecule has 2 fully saturated rings. The maximum atomic E-state index is 15.4. The smallest absolute Gasteiger partial charge is 0.369 e. The number of benzene rings is 2. The molecule has 0 spiro atoms. The molecule has 0 bridgehead atoms. The predicted molar refractivity (Wildman–Crippen MR) is 375 cm³/mol. The van der Waals surface area contributed by atoms with Crippen molar-refractivity contribution in [2.24, 2.45) is 17.8 Å². The quantitative estimate of drug-likeness (QED) is 0.161. The average Bonchev–Trinajstić information content (AvgIpc) is 0.933. The number of nitrogens with zero attached hydrogens (tertiary/aromatic N) is 8. The lowest BCUT2D eigenvalue weighted by Gasteiger charge is -2.37. The first-order chi connectivity index (χ1) is 47.5. The summed E-state index contributed by atoms with van der Waals surface area (Å²) in [5.74, 6) is -11.5. The van der Waals surface area contributed by atoms with Gasteiger partial charge in [0.1, 0.15) is 54.9 Å². The minimum Gasteiger partial charge on any atom is -0.369 e. The fourth-order valence-electron chi connectivity index (χ4n) is 11.7. The van der Waals surface area contributed by atoms with Crippen LogP contribution < -0.4 is 26.6 Å². The number of carbonyl (C=O) groups excluding carboxylic acids is 13. The molecule has 5 N–H and O–H groups in total. The first-order valence-corrected chi connectivity index (χ1v) is 34.9. The second-order valence-electron chi connectivity index (χ2n) is 28.8. The van der Waals surface area contributed by atoms with Crippen molar-refractivity contribution >= 4 is 88.4 Å². The predicted octanol–water partition coefficient (Wildman–Crippen LogP) is 3.27. The van der Waals surface area contributed by atoms with Gasteiger partial charge in [-0.3, -0.25) is 62.3 Å². The van der Waals surface area contributed by atoms with Gasteiger partial charge in [-0.2, -0.15) is 13.2 Å². The van der Waals surface area contributed by atoms with Crippen LogP contribution in [0.25, 0.3) is 0 Å². The van der Waals surface area contributed by atoms with E-state index in [0.29, 0.717) is 48.5 Å². The number of likely N-dealkylation sites (tertiary alicyclic amines) is 1. The number of rotatable bonds is 16. The number of aryl methyl sites for hydroxylation is 1. The van der Waals surface area contributed by atoms with Gasteiger partial charge in [0.25, 0.3) is 0 Å². The number of amides is 13. The monoisotopic (exact) mass is 1460 g/mol. The van der Waals surface area contributed by atoms with Crippen LogP contribution in [0.1, 0.15) is 131 Å². The van der Waals surface area contributed by atoms with Crippen LogP contribution in [-0.2, 0) is 86.1 Å². The molecule has 568 valence electrons. The normalized spacial score (nSPS) is 23.4. The van der Waals surface area contributed by atoms with E-state index in [2.05, 4.69) is 26.6 Å². The van der Waals surface area contributed by atoms with E-state index in [0.717, 1.165) is 46.4 Å². The van der Waals surface area contributed by atoms with Crippen LogP contribution in [0.2, 0.25) is 5.02 Å². The van der Waals surface area contributed by atoms with Crippen molar-refractivity contribution in [3.8, 4) is 0 Å². The van der Waals surface area contributed by atoms with Crippen molar-refractivity contribution in [1.82, 2.24) is 65.8 Å². The van der Waals surface area contributed by atoms with Gasteiger partial charge in [-0.25, -0.2) is 0 Å². The average molecular weight is 1460 g/mol. The van der Waals surface area contributed by atoms with Gasteiger partial charge in [0.15, 0.2) is 0 Å². The summed E-state index contributed by atoms with van der Waals surface area (Å²) in [6.07, 6.45) is -4.41. The van der Waals surface area contributed by atoms with E-state index in [1.54, 1.807) is 86.6 Å². The van der Waals surface area contributed by atoms with Crippen molar-refractivity contribution < 1.29 is 80.2 Å². The molecule has 2 aromatic rings. The number of hydrogen-bond donors (Lipinski definition) is 5. The molecular weight excluding hydrogens is 1350 g/mol. The molecule has 13 amide bonds. The minimum absolute atomic E-state index is 0.0463. The number of halogens is 4. The Morgan fingerprint density at radius 2 is 1.16 bits per heavy atom. The molecule has 31 heteroatoms. The Morgan fingerprint density at radius 3 is 1.72 bits per heavy atom. The highest BCUT2D eigenvalue weighted by Gasteiger charge is 2.42. The Hall–Kier alpha value is -8.41. The van der Waals surface area contributed by atoms with Crippen LogP contribution in [-0.4, -0.2) is 265 Å². The number of ether oxygens (including phenoxy) is 1. The van der Waals surface area contributed by atoms with Crippen molar-refractivity contribution in [1.29, 1.82) is 0 Å². The maximum absolute atomic E-state index is 15.4. The summed E-state index contributed by atoms with van der Waals surface area (Å²) in [6, 6.07) is -1.11. The molecule has 0 unspecified atom stereocenters. The molecule has 0 aromatic heterocycles. The third kappa shape index (κ3) is 25.8. The summed E-state index contributed by atoms with van der Waals surface area (Å²) in [5.41, 5.74) is -0.805. The number of nitrogens with one attached hydrogen (secondary N) is 5. The minimum atomic E-state index is -4.67. The first-order valence-electron chi connectivity index (χ1n) is 34.5. The van der Waals surface area contributed by atoms with Crippen molar-refractivity contribution in [2.75, 3.05) is 95.3 Å². The van der Waals surface area contributed by atoms with Gasteiger partial charge in [-0.05, 0) is 119 Å². The Labute approximate surface area is 602 Å². The molecule has 0 aliphatic carbocycles. The molecule has 27 nitrogen and oxygen atoms in total. The molecule has 9 atom stereocenters. The molecule has 2 heterocycles. The highest BCUT2D eigenvalue weighted by Crippen LogP contribution is 2.30. The summed E-state index contributed by atoms with van der Waals surface area (Å²) in [6.45, 7) is 14.5. The number of alkyl halides is 3. The van der Waals surface area contributed by atoms with E-state index in [-0.39, 0.29) is 43.9 Å². The summed E-state index contributed by atoms with van der Waals surface area (Å²) < 4.78 is 47.0. The SMILES string of the molecule is CC[C@H](C)[C@@H]1NC(=O)[C@H](C)N(C)C(=O)C[C@@H](C(=O)N2CCCC2)NC(=O)[C@H](CC(C)C)N(C)C(=O)[C@H](COCC(=O)NC(C)(C)C)N(C)C(=O)[C@H](CC(C)C)NC(=O)[C@H](CCc2ccc(C(F)(F)F)cc2)NC(=O)CN(C)C(=O)[C@H](Cc2ccc(Cl)cc2)N(C)C(=O)CN(C)C(=O)CN(C)C1=O. The van der Waals surface area contributed by atoms with Gasteiger partial charge < -0.3 is 70.5 Å². The zero-order valence-electron chi connectivity index (χ0n) is 62.1. The van der Waals surface area contributed by atoms with Crippen molar-refractivity contribution in [2.45, 2.75) is 187 Å².